The van der Waals surface area contributed by atoms with Gasteiger partial charge >= 0.3 is 6.18 Å². The summed E-state index contributed by atoms with van der Waals surface area (Å²) in [6.07, 6.45) is -4.28. The zero-order valence-corrected chi connectivity index (χ0v) is 9.23. The van der Waals surface area contributed by atoms with Gasteiger partial charge in [-0.05, 0) is 31.7 Å². The fraction of sp³-hybridized carbons (Fsp3) is 0.333. The van der Waals surface area contributed by atoms with Crippen LogP contribution >= 0.6 is 0 Å². The van der Waals surface area contributed by atoms with Crippen molar-refractivity contribution in [3.8, 4) is 0 Å². The van der Waals surface area contributed by atoms with Crippen LogP contribution in [0.1, 0.15) is 24.1 Å². The molecule has 0 spiro atoms. The molecule has 1 aromatic rings. The van der Waals surface area contributed by atoms with E-state index >= 15 is 0 Å². The van der Waals surface area contributed by atoms with Crippen LogP contribution in [0.15, 0.2) is 36.4 Å². The number of alkyl halides is 3. The summed E-state index contributed by atoms with van der Waals surface area (Å²) in [5, 5.41) is 3.00. The van der Waals surface area contributed by atoms with Crippen molar-refractivity contribution in [2.24, 2.45) is 0 Å². The molecule has 0 fully saturated rings. The molecule has 1 rings (SSSR count). The second-order valence-corrected chi connectivity index (χ2v) is 3.69. The van der Waals surface area contributed by atoms with Crippen molar-refractivity contribution in [1.29, 1.82) is 0 Å². The average molecular weight is 229 g/mol. The van der Waals surface area contributed by atoms with Crippen molar-refractivity contribution in [3.63, 3.8) is 0 Å². The van der Waals surface area contributed by atoms with Crippen LogP contribution in [0.4, 0.5) is 13.2 Å². The van der Waals surface area contributed by atoms with Crippen molar-refractivity contribution in [3.05, 3.63) is 47.5 Å². The predicted octanol–water partition coefficient (Wildman–Crippen LogP) is 3.54. The zero-order chi connectivity index (χ0) is 12.3. The van der Waals surface area contributed by atoms with E-state index in [-0.39, 0.29) is 6.04 Å². The van der Waals surface area contributed by atoms with Gasteiger partial charge in [0.25, 0.3) is 0 Å². The third-order valence-electron chi connectivity index (χ3n) is 2.35. The summed E-state index contributed by atoms with van der Waals surface area (Å²) in [4.78, 5) is 0. The van der Waals surface area contributed by atoms with Crippen LogP contribution in [-0.2, 0) is 6.18 Å². The van der Waals surface area contributed by atoms with Crippen LogP contribution < -0.4 is 5.32 Å². The van der Waals surface area contributed by atoms with E-state index in [4.69, 9.17) is 0 Å². The predicted molar refractivity (Wildman–Crippen MR) is 58.1 cm³/mol. The van der Waals surface area contributed by atoms with Gasteiger partial charge in [0.2, 0.25) is 0 Å². The fourth-order valence-electron chi connectivity index (χ4n) is 1.56. The standard InChI is InChI=1S/C12H14F3N/c1-8(2)11(16-3)9-4-6-10(7-5-9)12(13,14)15/h4-7,11,16H,1H2,2-3H3. The van der Waals surface area contributed by atoms with Gasteiger partial charge < -0.3 is 5.32 Å². The van der Waals surface area contributed by atoms with Gasteiger partial charge in [-0.25, -0.2) is 0 Å². The van der Waals surface area contributed by atoms with E-state index in [0.29, 0.717) is 0 Å². The van der Waals surface area contributed by atoms with E-state index < -0.39 is 11.7 Å². The lowest BCUT2D eigenvalue weighted by atomic mass is 10.00. The molecule has 0 saturated heterocycles. The first kappa shape index (κ1) is 12.8. The summed E-state index contributed by atoms with van der Waals surface area (Å²) in [6, 6.07) is 5.00. The summed E-state index contributed by atoms with van der Waals surface area (Å²) < 4.78 is 37.0. The molecule has 0 amide bonds. The second kappa shape index (κ2) is 4.70. The Kier molecular flexibility index (Phi) is 3.75. The Bertz CT molecular complexity index is 365. The summed E-state index contributed by atoms with van der Waals surface area (Å²) in [5.74, 6) is 0. The lowest BCUT2D eigenvalue weighted by Crippen LogP contribution is -2.17. The van der Waals surface area contributed by atoms with Gasteiger partial charge in [0.1, 0.15) is 0 Å². The van der Waals surface area contributed by atoms with E-state index in [1.165, 1.54) is 12.1 Å². The molecule has 0 saturated carbocycles. The summed E-state index contributed by atoms with van der Waals surface area (Å²) in [5.41, 5.74) is 1.01. The van der Waals surface area contributed by atoms with Gasteiger partial charge in [0, 0.05) is 0 Å². The maximum Gasteiger partial charge on any atom is 0.416 e. The van der Waals surface area contributed by atoms with E-state index in [9.17, 15) is 13.2 Å². The highest BCUT2D eigenvalue weighted by Crippen LogP contribution is 2.30. The Balaban J connectivity index is 2.98. The number of rotatable bonds is 3. The smallest absolute Gasteiger partial charge is 0.310 e. The molecule has 0 radical (unpaired) electrons. The molecule has 0 aliphatic heterocycles. The molecule has 0 aliphatic carbocycles. The Hall–Kier alpha value is -1.29. The van der Waals surface area contributed by atoms with Gasteiger partial charge in [0.05, 0.1) is 11.6 Å². The lowest BCUT2D eigenvalue weighted by Gasteiger charge is -2.17. The largest absolute Gasteiger partial charge is 0.416 e. The monoisotopic (exact) mass is 229 g/mol. The number of hydrogen-bond acceptors (Lipinski definition) is 1. The Morgan fingerprint density at radius 3 is 2.06 bits per heavy atom. The second-order valence-electron chi connectivity index (χ2n) is 3.69. The molecular weight excluding hydrogens is 215 g/mol. The lowest BCUT2D eigenvalue weighted by molar-refractivity contribution is -0.137. The summed E-state index contributed by atoms with van der Waals surface area (Å²) in [7, 11) is 1.75. The van der Waals surface area contributed by atoms with Crippen molar-refractivity contribution < 1.29 is 13.2 Å². The third kappa shape index (κ3) is 2.85. The molecule has 1 aromatic carbocycles. The number of benzene rings is 1. The van der Waals surface area contributed by atoms with E-state index in [2.05, 4.69) is 11.9 Å². The number of halogens is 3. The minimum absolute atomic E-state index is 0.109. The minimum atomic E-state index is -4.28. The Morgan fingerprint density at radius 2 is 1.75 bits per heavy atom. The fourth-order valence-corrected chi connectivity index (χ4v) is 1.56. The normalized spacial score (nSPS) is 13.6. The molecule has 0 aromatic heterocycles. The zero-order valence-electron chi connectivity index (χ0n) is 9.23. The van der Waals surface area contributed by atoms with E-state index in [1.54, 1.807) is 7.05 Å². The molecule has 1 nitrogen and oxygen atoms in total. The molecule has 88 valence electrons. The summed E-state index contributed by atoms with van der Waals surface area (Å²) >= 11 is 0. The molecule has 0 heterocycles. The van der Waals surface area contributed by atoms with Gasteiger partial charge in [-0.3, -0.25) is 0 Å². The molecule has 0 bridgehead atoms. The van der Waals surface area contributed by atoms with Gasteiger partial charge in [-0.15, -0.1) is 0 Å². The van der Waals surface area contributed by atoms with Crippen LogP contribution in [0.5, 0.6) is 0 Å². The first-order valence-corrected chi connectivity index (χ1v) is 4.86. The van der Waals surface area contributed by atoms with Crippen LogP contribution in [-0.4, -0.2) is 7.05 Å². The first-order chi connectivity index (χ1) is 7.36. The highest BCUT2D eigenvalue weighted by atomic mass is 19.4. The molecule has 1 atom stereocenters. The number of nitrogens with one attached hydrogen (secondary N) is 1. The van der Waals surface area contributed by atoms with Crippen molar-refractivity contribution in [2.75, 3.05) is 7.05 Å². The SMILES string of the molecule is C=C(C)C(NC)c1ccc(C(F)(F)F)cc1. The average Bonchev–Trinajstić information content (AvgIpc) is 2.17. The van der Waals surface area contributed by atoms with Crippen LogP contribution in [0.25, 0.3) is 0 Å². The van der Waals surface area contributed by atoms with E-state index in [0.717, 1.165) is 23.3 Å². The van der Waals surface area contributed by atoms with E-state index in [1.807, 2.05) is 6.92 Å². The summed E-state index contributed by atoms with van der Waals surface area (Å²) in [6.45, 7) is 5.62. The number of likely N-dealkylation sites (N-methyl/N-ethyl adjacent to an activating group) is 1. The molecular formula is C12H14F3N. The third-order valence-corrected chi connectivity index (χ3v) is 2.35. The first-order valence-electron chi connectivity index (χ1n) is 4.86. The maximum absolute atomic E-state index is 12.3. The van der Waals surface area contributed by atoms with Gasteiger partial charge in [-0.1, -0.05) is 24.3 Å². The molecule has 1 N–H and O–H groups in total. The van der Waals surface area contributed by atoms with Crippen molar-refractivity contribution in [2.45, 2.75) is 19.1 Å². The van der Waals surface area contributed by atoms with Crippen molar-refractivity contribution >= 4 is 0 Å². The Labute approximate surface area is 93.0 Å². The van der Waals surface area contributed by atoms with Gasteiger partial charge in [0.15, 0.2) is 0 Å². The molecule has 16 heavy (non-hydrogen) atoms. The number of hydrogen-bond donors (Lipinski definition) is 1. The quantitative estimate of drug-likeness (QED) is 0.782. The van der Waals surface area contributed by atoms with Crippen LogP contribution in [0.3, 0.4) is 0 Å². The molecule has 0 aliphatic rings. The van der Waals surface area contributed by atoms with Crippen molar-refractivity contribution in [1.82, 2.24) is 5.32 Å². The maximum atomic E-state index is 12.3. The highest BCUT2D eigenvalue weighted by Gasteiger charge is 2.30. The van der Waals surface area contributed by atoms with Crippen LogP contribution in [0, 0.1) is 0 Å². The van der Waals surface area contributed by atoms with Gasteiger partial charge in [-0.2, -0.15) is 13.2 Å². The topological polar surface area (TPSA) is 12.0 Å². The Morgan fingerprint density at radius 1 is 1.25 bits per heavy atom. The molecule has 1 unspecified atom stereocenters. The highest BCUT2D eigenvalue weighted by molar-refractivity contribution is 5.30. The van der Waals surface area contributed by atoms with Crippen LogP contribution in [0.2, 0.25) is 0 Å². The minimum Gasteiger partial charge on any atom is -0.310 e. The molecule has 4 heteroatoms.